The van der Waals surface area contributed by atoms with Crippen molar-refractivity contribution in [2.45, 2.75) is 4.90 Å². The van der Waals surface area contributed by atoms with E-state index >= 15 is 0 Å². The summed E-state index contributed by atoms with van der Waals surface area (Å²) in [5, 5.41) is 16.9. The molecule has 4 rings (SSSR count). The number of benzene rings is 2. The fourth-order valence-electron chi connectivity index (χ4n) is 2.71. The third-order valence-corrected chi connectivity index (χ3v) is 7.30. The van der Waals surface area contributed by atoms with E-state index in [1.165, 1.54) is 52.3 Å². The van der Waals surface area contributed by atoms with Crippen LogP contribution in [0.25, 0.3) is 10.6 Å². The van der Waals surface area contributed by atoms with E-state index in [2.05, 4.69) is 15.0 Å². The number of amides is 1. The van der Waals surface area contributed by atoms with Crippen LogP contribution < -0.4 is 10.0 Å². The first kappa shape index (κ1) is 21.6. The molecule has 9 nitrogen and oxygen atoms in total. The maximum absolute atomic E-state index is 12.6. The standard InChI is InChI=1S/C20H14N4O5S3/c25-19(22-20-21-17(12-31-20)18-10-15(11-30-18)24(26)27)13-5-4-6-14(9-13)23-32(28,29)16-7-2-1-3-8-16/h1-12,23H,(H,21,22,25). The zero-order valence-corrected chi connectivity index (χ0v) is 18.5. The van der Waals surface area contributed by atoms with Gasteiger partial charge in [-0.25, -0.2) is 13.4 Å². The van der Waals surface area contributed by atoms with Gasteiger partial charge in [-0.1, -0.05) is 24.3 Å². The van der Waals surface area contributed by atoms with Crippen LogP contribution in [0.1, 0.15) is 10.4 Å². The average Bonchev–Trinajstić information content (AvgIpc) is 3.44. The Morgan fingerprint density at radius 1 is 1.00 bits per heavy atom. The zero-order valence-electron chi connectivity index (χ0n) is 16.1. The Hall–Kier alpha value is -3.61. The number of hydrogen-bond acceptors (Lipinski definition) is 8. The highest BCUT2D eigenvalue weighted by molar-refractivity contribution is 7.92. The smallest absolute Gasteiger partial charge is 0.280 e. The zero-order chi connectivity index (χ0) is 22.7. The van der Waals surface area contributed by atoms with Crippen LogP contribution in [0.2, 0.25) is 0 Å². The molecule has 0 saturated carbocycles. The summed E-state index contributed by atoms with van der Waals surface area (Å²) in [5.41, 5.74) is 0.986. The lowest BCUT2D eigenvalue weighted by Crippen LogP contribution is -2.15. The molecule has 162 valence electrons. The van der Waals surface area contributed by atoms with Crippen molar-refractivity contribution in [1.82, 2.24) is 4.98 Å². The molecule has 0 unspecified atom stereocenters. The predicted molar refractivity (Wildman–Crippen MR) is 124 cm³/mol. The van der Waals surface area contributed by atoms with Crippen LogP contribution in [0.15, 0.2) is 76.3 Å². The maximum Gasteiger partial charge on any atom is 0.280 e. The highest BCUT2D eigenvalue weighted by Crippen LogP contribution is 2.33. The quantitative estimate of drug-likeness (QED) is 0.284. The Bertz CT molecular complexity index is 1400. The topological polar surface area (TPSA) is 131 Å². The van der Waals surface area contributed by atoms with Crippen LogP contribution in [-0.4, -0.2) is 24.2 Å². The number of thiophene rings is 1. The number of hydrogen-bond donors (Lipinski definition) is 2. The SMILES string of the molecule is O=C(Nc1nc(-c2cc([N+](=O)[O-])cs2)cs1)c1cccc(NS(=O)(=O)c2ccccc2)c1. The van der Waals surface area contributed by atoms with E-state index in [-0.39, 0.29) is 21.8 Å². The minimum Gasteiger partial charge on any atom is -0.298 e. The number of rotatable bonds is 7. The lowest BCUT2D eigenvalue weighted by molar-refractivity contribution is -0.384. The highest BCUT2D eigenvalue weighted by atomic mass is 32.2. The van der Waals surface area contributed by atoms with Crippen LogP contribution in [-0.2, 0) is 10.0 Å². The minimum atomic E-state index is -3.78. The maximum atomic E-state index is 12.6. The van der Waals surface area contributed by atoms with Crippen molar-refractivity contribution in [2.75, 3.05) is 10.0 Å². The van der Waals surface area contributed by atoms with Crippen molar-refractivity contribution in [3.05, 3.63) is 87.1 Å². The number of nitro groups is 1. The van der Waals surface area contributed by atoms with Crippen LogP contribution >= 0.6 is 22.7 Å². The number of nitrogens with zero attached hydrogens (tertiary/aromatic N) is 2. The second kappa shape index (κ2) is 8.86. The van der Waals surface area contributed by atoms with E-state index in [0.29, 0.717) is 15.7 Å². The van der Waals surface area contributed by atoms with Crippen molar-refractivity contribution in [3.8, 4) is 10.6 Å². The lowest BCUT2D eigenvalue weighted by Gasteiger charge is -2.09. The van der Waals surface area contributed by atoms with Gasteiger partial charge in [0.25, 0.3) is 21.6 Å². The molecular formula is C20H14N4O5S3. The fourth-order valence-corrected chi connectivity index (χ4v) is 5.37. The molecule has 2 aromatic carbocycles. The third kappa shape index (κ3) is 4.82. The van der Waals surface area contributed by atoms with Crippen LogP contribution in [0, 0.1) is 10.1 Å². The minimum absolute atomic E-state index is 0.0154. The van der Waals surface area contributed by atoms with Gasteiger partial charge in [-0.05, 0) is 30.3 Å². The second-order valence-corrected chi connectivity index (χ2v) is 9.87. The largest absolute Gasteiger partial charge is 0.298 e. The van der Waals surface area contributed by atoms with Crippen molar-refractivity contribution in [1.29, 1.82) is 0 Å². The second-order valence-electron chi connectivity index (χ2n) is 6.42. The van der Waals surface area contributed by atoms with Gasteiger partial charge >= 0.3 is 0 Å². The molecule has 0 atom stereocenters. The summed E-state index contributed by atoms with van der Waals surface area (Å²) in [6.07, 6.45) is 0. The molecule has 0 aliphatic carbocycles. The number of carbonyl (C=O) groups excluding carboxylic acids is 1. The summed E-state index contributed by atoms with van der Waals surface area (Å²) < 4.78 is 27.4. The summed E-state index contributed by atoms with van der Waals surface area (Å²) in [5.74, 6) is -0.469. The van der Waals surface area contributed by atoms with Crippen molar-refractivity contribution in [2.24, 2.45) is 0 Å². The molecule has 0 spiro atoms. The fraction of sp³-hybridized carbons (Fsp3) is 0. The van der Waals surface area contributed by atoms with E-state index in [1.54, 1.807) is 41.8 Å². The molecule has 0 radical (unpaired) electrons. The Kier molecular flexibility index (Phi) is 5.99. The third-order valence-electron chi connectivity index (χ3n) is 4.20. The van der Waals surface area contributed by atoms with Gasteiger partial charge in [-0.15, -0.1) is 22.7 Å². The number of sulfonamides is 1. The van der Waals surface area contributed by atoms with E-state index < -0.39 is 20.9 Å². The van der Waals surface area contributed by atoms with Gasteiger partial charge in [0.15, 0.2) is 5.13 Å². The number of aromatic nitrogens is 1. The Labute approximate surface area is 190 Å². The van der Waals surface area contributed by atoms with Gasteiger partial charge in [-0.2, -0.15) is 0 Å². The summed E-state index contributed by atoms with van der Waals surface area (Å²) in [7, 11) is -3.78. The molecule has 0 bridgehead atoms. The molecule has 1 amide bonds. The molecule has 0 saturated heterocycles. The monoisotopic (exact) mass is 486 g/mol. The van der Waals surface area contributed by atoms with Crippen LogP contribution in [0.3, 0.4) is 0 Å². The number of anilines is 2. The Morgan fingerprint density at radius 2 is 1.78 bits per heavy atom. The number of nitrogens with one attached hydrogen (secondary N) is 2. The van der Waals surface area contributed by atoms with Gasteiger partial charge in [0.05, 0.1) is 25.8 Å². The number of carbonyl (C=O) groups is 1. The Balaban J connectivity index is 1.48. The molecule has 32 heavy (non-hydrogen) atoms. The molecule has 0 fully saturated rings. The van der Waals surface area contributed by atoms with E-state index in [1.807, 2.05) is 0 Å². The Morgan fingerprint density at radius 3 is 2.50 bits per heavy atom. The van der Waals surface area contributed by atoms with E-state index in [9.17, 15) is 23.3 Å². The molecule has 0 aliphatic rings. The molecule has 2 aromatic heterocycles. The van der Waals surface area contributed by atoms with Gasteiger partial charge in [0.1, 0.15) is 0 Å². The van der Waals surface area contributed by atoms with Crippen LogP contribution in [0.5, 0.6) is 0 Å². The molecule has 2 heterocycles. The average molecular weight is 487 g/mol. The van der Waals surface area contributed by atoms with Crippen LogP contribution in [0.4, 0.5) is 16.5 Å². The predicted octanol–water partition coefficient (Wildman–Crippen LogP) is 4.83. The molecule has 4 aromatic rings. The molecule has 0 aliphatic heterocycles. The summed E-state index contributed by atoms with van der Waals surface area (Å²) in [4.78, 5) is 28.0. The van der Waals surface area contributed by atoms with Gasteiger partial charge in [0.2, 0.25) is 0 Å². The molecule has 12 heteroatoms. The summed E-state index contributed by atoms with van der Waals surface area (Å²) in [6.45, 7) is 0. The summed E-state index contributed by atoms with van der Waals surface area (Å²) in [6, 6.07) is 15.4. The highest BCUT2D eigenvalue weighted by Gasteiger charge is 2.17. The lowest BCUT2D eigenvalue weighted by atomic mass is 10.2. The van der Waals surface area contributed by atoms with Gasteiger partial charge in [-0.3, -0.25) is 24.9 Å². The first-order chi connectivity index (χ1) is 15.3. The molecular weight excluding hydrogens is 472 g/mol. The van der Waals surface area contributed by atoms with E-state index in [4.69, 9.17) is 0 Å². The van der Waals surface area contributed by atoms with Gasteiger partial charge in [0, 0.05) is 22.7 Å². The first-order valence-electron chi connectivity index (χ1n) is 9.00. The van der Waals surface area contributed by atoms with Crippen molar-refractivity contribution < 1.29 is 18.1 Å². The summed E-state index contributed by atoms with van der Waals surface area (Å²) >= 11 is 2.37. The first-order valence-corrected chi connectivity index (χ1v) is 12.2. The van der Waals surface area contributed by atoms with Crippen molar-refractivity contribution in [3.63, 3.8) is 0 Å². The van der Waals surface area contributed by atoms with Crippen molar-refractivity contribution >= 4 is 55.1 Å². The molecule has 2 N–H and O–H groups in total. The normalized spacial score (nSPS) is 11.1. The number of thiazole rings is 1. The van der Waals surface area contributed by atoms with Gasteiger partial charge < -0.3 is 0 Å². The van der Waals surface area contributed by atoms with E-state index in [0.717, 1.165) is 0 Å².